The second-order valence-electron chi connectivity index (χ2n) is 28.1. The number of nitrogens with one attached hydrogen (secondary N) is 1. The first-order valence-electron chi connectivity index (χ1n) is 40.7. The Hall–Kier alpha value is -1.92. The maximum absolute atomic E-state index is 12.5. The van der Waals surface area contributed by atoms with Crippen LogP contribution in [0.2, 0.25) is 0 Å². The van der Waals surface area contributed by atoms with Crippen LogP contribution in [0.25, 0.3) is 0 Å². The topological polar surface area (TPSA) is 95.9 Å². The lowest BCUT2D eigenvalue weighted by atomic mass is 10.0. The zero-order chi connectivity index (χ0) is 64.2. The third kappa shape index (κ3) is 75.0. The summed E-state index contributed by atoms with van der Waals surface area (Å²) < 4.78 is 5.52. The van der Waals surface area contributed by atoms with Crippen LogP contribution in [0.15, 0.2) is 36.5 Å². The smallest absolute Gasteiger partial charge is 0.305 e. The Morgan fingerprint density at radius 1 is 0.315 bits per heavy atom. The molecule has 89 heavy (non-hydrogen) atoms. The van der Waals surface area contributed by atoms with Gasteiger partial charge in [0.15, 0.2) is 0 Å². The van der Waals surface area contributed by atoms with Crippen LogP contribution < -0.4 is 5.32 Å². The van der Waals surface area contributed by atoms with E-state index in [-0.39, 0.29) is 18.5 Å². The van der Waals surface area contributed by atoms with Crippen LogP contribution in [0, 0.1) is 0 Å². The van der Waals surface area contributed by atoms with E-state index in [9.17, 15) is 19.8 Å². The van der Waals surface area contributed by atoms with Crippen molar-refractivity contribution < 1.29 is 24.5 Å². The maximum Gasteiger partial charge on any atom is 0.305 e. The number of hydrogen-bond acceptors (Lipinski definition) is 5. The van der Waals surface area contributed by atoms with E-state index in [4.69, 9.17) is 4.74 Å². The number of allylic oxidation sites excluding steroid dienone is 6. The fraction of sp³-hybridized carbons (Fsp3) is 0.904. The van der Waals surface area contributed by atoms with Gasteiger partial charge >= 0.3 is 5.97 Å². The number of rotatable bonds is 77. The monoisotopic (exact) mass is 1250 g/mol. The molecule has 0 radical (unpaired) electrons. The van der Waals surface area contributed by atoms with Gasteiger partial charge in [-0.25, -0.2) is 0 Å². The van der Waals surface area contributed by atoms with Crippen LogP contribution in [0.1, 0.15) is 457 Å². The molecule has 0 bridgehead atoms. The highest BCUT2D eigenvalue weighted by atomic mass is 16.5. The average molecular weight is 1250 g/mol. The molecule has 6 heteroatoms. The highest BCUT2D eigenvalue weighted by molar-refractivity contribution is 5.76. The van der Waals surface area contributed by atoms with Gasteiger partial charge in [-0.3, -0.25) is 9.59 Å². The lowest BCUT2D eigenvalue weighted by Crippen LogP contribution is -2.45. The summed E-state index contributed by atoms with van der Waals surface area (Å²) in [5.41, 5.74) is 0. The summed E-state index contributed by atoms with van der Waals surface area (Å²) in [6.07, 6.45) is 103. The summed E-state index contributed by atoms with van der Waals surface area (Å²) >= 11 is 0. The number of carbonyl (C=O) groups is 2. The Kier molecular flexibility index (Phi) is 76.8. The van der Waals surface area contributed by atoms with Crippen molar-refractivity contribution in [2.24, 2.45) is 0 Å². The van der Waals surface area contributed by atoms with Crippen molar-refractivity contribution in [3.8, 4) is 0 Å². The molecule has 0 saturated carbocycles. The van der Waals surface area contributed by atoms with Gasteiger partial charge in [0.2, 0.25) is 5.91 Å². The normalized spacial score (nSPS) is 12.6. The summed E-state index contributed by atoms with van der Waals surface area (Å²) in [6.45, 7) is 4.99. The molecule has 0 aliphatic rings. The lowest BCUT2D eigenvalue weighted by Gasteiger charge is -2.22. The van der Waals surface area contributed by atoms with Gasteiger partial charge in [0.1, 0.15) is 0 Å². The molecule has 0 aromatic rings. The van der Waals surface area contributed by atoms with Crippen LogP contribution in [0.3, 0.4) is 0 Å². The predicted octanol–water partition coefficient (Wildman–Crippen LogP) is 27.0. The Morgan fingerprint density at radius 3 is 0.865 bits per heavy atom. The summed E-state index contributed by atoms with van der Waals surface area (Å²) in [5, 5.41) is 23.3. The largest absolute Gasteiger partial charge is 0.466 e. The summed E-state index contributed by atoms with van der Waals surface area (Å²) in [7, 11) is 0. The third-order valence-corrected chi connectivity index (χ3v) is 19.2. The van der Waals surface area contributed by atoms with Crippen molar-refractivity contribution in [1.29, 1.82) is 0 Å². The molecule has 0 aromatic heterocycles. The molecule has 0 heterocycles. The standard InChI is InChI=1S/C83H159NO5/c1-3-5-7-9-11-13-15-17-19-20-42-46-49-53-57-61-65-69-73-77-83(88)89-78-74-70-66-62-58-54-50-47-44-41-39-37-35-33-31-29-27-25-23-21-22-24-26-28-30-32-34-36-38-40-43-45-48-52-56-60-64-68-72-76-82(87)84-80(79-85)81(86)75-71-67-63-59-55-51-18-16-14-12-10-8-6-4-2/h17,19,21-22,25,27,80-81,85-86H,3-16,18,20,23-24,26,28-79H2,1-2H3,(H,84,87)/b19-17-,22-21-,27-25-. The number of ether oxygens (including phenoxy) is 1. The van der Waals surface area contributed by atoms with Crippen molar-refractivity contribution in [1.82, 2.24) is 5.32 Å². The SMILES string of the molecule is CCCCCCCC/C=C\CCCCCCCCCCCC(=O)OCCCCCCCCCCCCCCCCC/C=C\C/C=C\CCCCCCCCCCCCCCCCCCCC(=O)NC(CO)C(O)CCCCCCCCCCCCCCCC. The molecule has 0 aliphatic heterocycles. The van der Waals surface area contributed by atoms with Gasteiger partial charge in [-0.15, -0.1) is 0 Å². The maximum atomic E-state index is 12.5. The summed E-state index contributed by atoms with van der Waals surface area (Å²) in [6, 6.07) is -0.539. The van der Waals surface area contributed by atoms with Crippen molar-refractivity contribution >= 4 is 11.9 Å². The van der Waals surface area contributed by atoms with E-state index in [2.05, 4.69) is 55.6 Å². The molecular formula is C83H159NO5. The molecule has 2 atom stereocenters. The molecule has 0 fully saturated rings. The van der Waals surface area contributed by atoms with Crippen LogP contribution in [-0.4, -0.2) is 47.4 Å². The molecule has 0 spiro atoms. The predicted molar refractivity (Wildman–Crippen MR) is 393 cm³/mol. The van der Waals surface area contributed by atoms with Gasteiger partial charge in [-0.05, 0) is 83.5 Å². The van der Waals surface area contributed by atoms with E-state index in [0.717, 1.165) is 44.9 Å². The zero-order valence-corrected chi connectivity index (χ0v) is 60.4. The second-order valence-corrected chi connectivity index (χ2v) is 28.1. The van der Waals surface area contributed by atoms with E-state index in [1.807, 2.05) is 0 Å². The van der Waals surface area contributed by atoms with Gasteiger partial charge in [0.25, 0.3) is 0 Å². The Morgan fingerprint density at radius 2 is 0.562 bits per heavy atom. The third-order valence-electron chi connectivity index (χ3n) is 19.2. The fourth-order valence-corrected chi connectivity index (χ4v) is 13.0. The molecule has 0 aromatic carbocycles. The molecule has 0 aliphatic carbocycles. The number of carbonyl (C=O) groups excluding carboxylic acids is 2. The van der Waals surface area contributed by atoms with Crippen LogP contribution in [0.5, 0.6) is 0 Å². The van der Waals surface area contributed by atoms with E-state index in [0.29, 0.717) is 25.9 Å². The van der Waals surface area contributed by atoms with E-state index in [1.165, 1.54) is 379 Å². The Labute approximate surface area is 557 Å². The number of amides is 1. The number of esters is 1. The quantitative estimate of drug-likeness (QED) is 0.0320. The Bertz CT molecular complexity index is 1440. The van der Waals surface area contributed by atoms with Gasteiger partial charge in [-0.2, -0.15) is 0 Å². The minimum Gasteiger partial charge on any atom is -0.466 e. The molecule has 2 unspecified atom stereocenters. The molecule has 6 nitrogen and oxygen atoms in total. The van der Waals surface area contributed by atoms with Gasteiger partial charge in [0.05, 0.1) is 25.4 Å². The zero-order valence-electron chi connectivity index (χ0n) is 60.4. The molecule has 3 N–H and O–H groups in total. The highest BCUT2D eigenvalue weighted by Crippen LogP contribution is 2.20. The van der Waals surface area contributed by atoms with Crippen molar-refractivity contribution in [3.05, 3.63) is 36.5 Å². The average Bonchev–Trinajstić information content (AvgIpc) is 3.68. The van der Waals surface area contributed by atoms with E-state index in [1.54, 1.807) is 0 Å². The lowest BCUT2D eigenvalue weighted by molar-refractivity contribution is -0.143. The van der Waals surface area contributed by atoms with Crippen LogP contribution in [-0.2, 0) is 14.3 Å². The van der Waals surface area contributed by atoms with Gasteiger partial charge in [-0.1, -0.05) is 397 Å². The molecule has 1 amide bonds. The first-order valence-corrected chi connectivity index (χ1v) is 40.7. The highest BCUT2D eigenvalue weighted by Gasteiger charge is 2.20. The molecule has 0 saturated heterocycles. The number of aliphatic hydroxyl groups is 2. The van der Waals surface area contributed by atoms with Crippen molar-refractivity contribution in [3.63, 3.8) is 0 Å². The molecular weight excluding hydrogens is 1090 g/mol. The first kappa shape index (κ1) is 87.1. The number of hydrogen-bond donors (Lipinski definition) is 3. The summed E-state index contributed by atoms with van der Waals surface area (Å²) in [5.74, 6) is -0.00833. The minimum atomic E-state index is -0.662. The Balaban J connectivity index is 3.33. The van der Waals surface area contributed by atoms with Crippen LogP contribution >= 0.6 is 0 Å². The van der Waals surface area contributed by atoms with Gasteiger partial charge < -0.3 is 20.3 Å². The number of unbranched alkanes of at least 4 members (excludes halogenated alkanes) is 60. The van der Waals surface area contributed by atoms with E-state index < -0.39 is 12.1 Å². The number of aliphatic hydroxyl groups excluding tert-OH is 2. The molecule has 526 valence electrons. The molecule has 0 rings (SSSR count). The first-order chi connectivity index (χ1) is 44.0. The second kappa shape index (κ2) is 78.5. The van der Waals surface area contributed by atoms with Crippen molar-refractivity contribution in [2.45, 2.75) is 469 Å². The van der Waals surface area contributed by atoms with Crippen LogP contribution in [0.4, 0.5) is 0 Å². The fourth-order valence-electron chi connectivity index (χ4n) is 13.0. The van der Waals surface area contributed by atoms with E-state index >= 15 is 0 Å². The van der Waals surface area contributed by atoms with Crippen molar-refractivity contribution in [2.75, 3.05) is 13.2 Å². The van der Waals surface area contributed by atoms with Gasteiger partial charge in [0, 0.05) is 12.8 Å². The summed E-state index contributed by atoms with van der Waals surface area (Å²) in [4.78, 5) is 24.6. The minimum absolute atomic E-state index is 0.0207.